The van der Waals surface area contributed by atoms with Gasteiger partial charge in [0, 0.05) is 5.39 Å². The summed E-state index contributed by atoms with van der Waals surface area (Å²) in [6, 6.07) is 7.92. The highest BCUT2D eigenvalue weighted by Crippen LogP contribution is 2.25. The molecule has 0 saturated heterocycles. The molecule has 2 atom stereocenters. The first-order valence-corrected chi connectivity index (χ1v) is 6.76. The number of alkyl halides is 2. The van der Waals surface area contributed by atoms with Crippen molar-refractivity contribution >= 4 is 40.1 Å². The number of halogens is 2. The minimum absolute atomic E-state index is 0.242. The summed E-state index contributed by atoms with van der Waals surface area (Å²) in [6.07, 6.45) is -1.21. The Hall–Kier alpha value is -1.27. The van der Waals surface area contributed by atoms with Crippen LogP contribution in [0, 0.1) is 0 Å². The van der Waals surface area contributed by atoms with E-state index in [-0.39, 0.29) is 5.76 Å². The van der Waals surface area contributed by atoms with Crippen LogP contribution in [0.1, 0.15) is 11.9 Å². The monoisotopic (exact) mass is 317 g/mol. The molecule has 0 aliphatic carbocycles. The first-order valence-electron chi connectivity index (χ1n) is 5.89. The van der Waals surface area contributed by atoms with Crippen molar-refractivity contribution in [1.29, 1.82) is 0 Å². The van der Waals surface area contributed by atoms with Gasteiger partial charge in [0.25, 0.3) is 5.91 Å². The largest absolute Gasteiger partial charge is 0.458 e. The number of nitrogens with one attached hydrogen (secondary N) is 1. The van der Waals surface area contributed by atoms with E-state index in [0.717, 1.165) is 5.39 Å². The lowest BCUT2D eigenvalue weighted by Crippen LogP contribution is -2.44. The molecule has 1 aromatic heterocycles. The van der Waals surface area contributed by atoms with E-state index < -0.39 is 29.5 Å². The van der Waals surface area contributed by atoms with Crippen molar-refractivity contribution < 1.29 is 19.4 Å². The Morgan fingerprint density at radius 1 is 1.35 bits per heavy atom. The summed E-state index contributed by atoms with van der Waals surface area (Å²) >= 11 is 10.8. The number of carbonyl (C=O) groups is 1. The minimum Gasteiger partial charge on any atom is -0.458 e. The molecule has 2 rings (SSSR count). The maximum absolute atomic E-state index is 11.4. The Bertz CT molecular complexity index is 566. The lowest BCUT2D eigenvalue weighted by molar-refractivity contribution is -0.121. The maximum atomic E-state index is 11.4. The lowest BCUT2D eigenvalue weighted by atomic mass is 10.1. The van der Waals surface area contributed by atoms with Crippen LogP contribution >= 0.6 is 23.2 Å². The standard InChI is InChI=1S/C13H13Cl2NO4/c14-12(15)13(19)16-8(6-17)11(18)10-5-7-3-1-2-4-9(7)20-10/h1-5,8,11-12,17-18H,6H2,(H,16,19)/t8-,11+/m0/s1. The third kappa shape index (κ3) is 3.24. The molecule has 0 aliphatic heterocycles. The van der Waals surface area contributed by atoms with Gasteiger partial charge in [-0.15, -0.1) is 0 Å². The smallest absolute Gasteiger partial charge is 0.253 e. The molecule has 0 aliphatic rings. The summed E-state index contributed by atoms with van der Waals surface area (Å²) in [4.78, 5) is 10.1. The van der Waals surface area contributed by atoms with Crippen LogP contribution in [0.3, 0.4) is 0 Å². The van der Waals surface area contributed by atoms with Gasteiger partial charge in [-0.1, -0.05) is 41.4 Å². The SMILES string of the molecule is O=C(N[C@@H](CO)[C@@H](O)c1cc2ccccc2o1)C(Cl)Cl. The molecule has 108 valence electrons. The maximum Gasteiger partial charge on any atom is 0.253 e. The van der Waals surface area contributed by atoms with Gasteiger partial charge < -0.3 is 19.9 Å². The molecule has 1 aromatic carbocycles. The number of aliphatic hydroxyl groups excluding tert-OH is 2. The van der Waals surface area contributed by atoms with E-state index in [1.807, 2.05) is 12.1 Å². The van der Waals surface area contributed by atoms with Crippen LogP contribution in [-0.2, 0) is 4.79 Å². The van der Waals surface area contributed by atoms with E-state index >= 15 is 0 Å². The Balaban J connectivity index is 2.19. The summed E-state index contributed by atoms with van der Waals surface area (Å²) in [5, 5.41) is 22.6. The van der Waals surface area contributed by atoms with Crippen molar-refractivity contribution in [2.45, 2.75) is 17.0 Å². The van der Waals surface area contributed by atoms with Gasteiger partial charge in [-0.2, -0.15) is 0 Å². The molecule has 3 N–H and O–H groups in total. The Morgan fingerprint density at radius 3 is 2.65 bits per heavy atom. The zero-order valence-corrected chi connectivity index (χ0v) is 11.8. The molecule has 0 radical (unpaired) electrons. The van der Waals surface area contributed by atoms with Gasteiger partial charge in [0.1, 0.15) is 17.4 Å². The average Bonchev–Trinajstić information content (AvgIpc) is 2.87. The number of hydrogen-bond acceptors (Lipinski definition) is 4. The first kappa shape index (κ1) is 15.1. The molecule has 0 spiro atoms. The molecule has 0 unspecified atom stereocenters. The quantitative estimate of drug-likeness (QED) is 0.734. The van der Waals surface area contributed by atoms with Crippen molar-refractivity contribution in [3.8, 4) is 0 Å². The highest BCUT2D eigenvalue weighted by molar-refractivity contribution is 6.53. The van der Waals surface area contributed by atoms with E-state index in [1.165, 1.54) is 0 Å². The van der Waals surface area contributed by atoms with E-state index in [9.17, 15) is 15.0 Å². The molecule has 1 heterocycles. The Morgan fingerprint density at radius 2 is 2.05 bits per heavy atom. The van der Waals surface area contributed by atoms with Gasteiger partial charge >= 0.3 is 0 Å². The van der Waals surface area contributed by atoms with Crippen LogP contribution in [-0.4, -0.2) is 33.6 Å². The number of benzene rings is 1. The van der Waals surface area contributed by atoms with Crippen LogP contribution in [0.4, 0.5) is 0 Å². The lowest BCUT2D eigenvalue weighted by Gasteiger charge is -2.20. The van der Waals surface area contributed by atoms with Crippen molar-refractivity contribution in [3.05, 3.63) is 36.1 Å². The van der Waals surface area contributed by atoms with Gasteiger partial charge in [0.2, 0.25) is 0 Å². The summed E-state index contributed by atoms with van der Waals surface area (Å²) in [5.41, 5.74) is 0.608. The van der Waals surface area contributed by atoms with Gasteiger partial charge in [-0.25, -0.2) is 0 Å². The zero-order chi connectivity index (χ0) is 14.7. The molecule has 7 heteroatoms. The number of carbonyl (C=O) groups excluding carboxylic acids is 1. The van der Waals surface area contributed by atoms with Crippen LogP contribution < -0.4 is 5.32 Å². The number of furan rings is 1. The highest BCUT2D eigenvalue weighted by atomic mass is 35.5. The Labute approximate surface area is 125 Å². The van der Waals surface area contributed by atoms with E-state index in [1.54, 1.807) is 18.2 Å². The molecular formula is C13H13Cl2NO4. The summed E-state index contributed by atoms with van der Waals surface area (Å²) in [5.74, 6) is -0.450. The molecule has 20 heavy (non-hydrogen) atoms. The van der Waals surface area contributed by atoms with Crippen LogP contribution in [0.25, 0.3) is 11.0 Å². The van der Waals surface area contributed by atoms with Crippen molar-refractivity contribution in [3.63, 3.8) is 0 Å². The normalized spacial score (nSPS) is 14.4. The number of fused-ring (bicyclic) bond motifs is 1. The fourth-order valence-electron chi connectivity index (χ4n) is 1.82. The zero-order valence-electron chi connectivity index (χ0n) is 10.3. The van der Waals surface area contributed by atoms with Gasteiger partial charge in [-0.05, 0) is 12.1 Å². The van der Waals surface area contributed by atoms with Crippen molar-refractivity contribution in [2.75, 3.05) is 6.61 Å². The fraction of sp³-hybridized carbons (Fsp3) is 0.308. The minimum atomic E-state index is -1.27. The molecular weight excluding hydrogens is 305 g/mol. The number of hydrogen-bond donors (Lipinski definition) is 3. The predicted molar refractivity (Wildman–Crippen MR) is 75.7 cm³/mol. The van der Waals surface area contributed by atoms with Gasteiger partial charge in [0.15, 0.2) is 4.84 Å². The molecule has 2 aromatic rings. The van der Waals surface area contributed by atoms with Gasteiger partial charge in [-0.3, -0.25) is 4.79 Å². The molecule has 0 saturated carbocycles. The van der Waals surface area contributed by atoms with Crippen LogP contribution in [0.5, 0.6) is 0 Å². The third-order valence-corrected chi connectivity index (χ3v) is 3.24. The fourth-order valence-corrected chi connectivity index (χ4v) is 1.94. The second-order valence-corrected chi connectivity index (χ2v) is 5.33. The number of rotatable bonds is 5. The average molecular weight is 318 g/mol. The topological polar surface area (TPSA) is 82.7 Å². The molecule has 1 amide bonds. The summed E-state index contributed by atoms with van der Waals surface area (Å²) in [7, 11) is 0. The molecule has 0 bridgehead atoms. The predicted octanol–water partition coefficient (Wildman–Crippen LogP) is 1.75. The summed E-state index contributed by atoms with van der Waals surface area (Å²) < 4.78 is 5.48. The first-order chi connectivity index (χ1) is 9.52. The Kier molecular flexibility index (Phi) is 4.88. The molecule has 0 fully saturated rings. The third-order valence-electron chi connectivity index (χ3n) is 2.84. The molecule has 5 nitrogen and oxygen atoms in total. The van der Waals surface area contributed by atoms with Crippen molar-refractivity contribution in [2.24, 2.45) is 0 Å². The van der Waals surface area contributed by atoms with Crippen molar-refractivity contribution in [1.82, 2.24) is 5.32 Å². The highest BCUT2D eigenvalue weighted by Gasteiger charge is 2.26. The number of amides is 1. The van der Waals surface area contributed by atoms with Gasteiger partial charge in [0.05, 0.1) is 12.6 Å². The van der Waals surface area contributed by atoms with E-state index in [2.05, 4.69) is 5.32 Å². The number of para-hydroxylation sites is 1. The summed E-state index contributed by atoms with van der Waals surface area (Å²) in [6.45, 7) is -0.482. The van der Waals surface area contributed by atoms with E-state index in [0.29, 0.717) is 5.58 Å². The van der Waals surface area contributed by atoms with Crippen LogP contribution in [0.2, 0.25) is 0 Å². The van der Waals surface area contributed by atoms with E-state index in [4.69, 9.17) is 27.6 Å². The second-order valence-electron chi connectivity index (χ2n) is 4.23. The second kappa shape index (κ2) is 6.45. The van der Waals surface area contributed by atoms with Crippen LogP contribution in [0.15, 0.2) is 34.7 Å². The number of aliphatic hydroxyl groups is 2.